The summed E-state index contributed by atoms with van der Waals surface area (Å²) in [5.74, 6) is -1.24. The highest BCUT2D eigenvalue weighted by Crippen LogP contribution is 2.43. The lowest BCUT2D eigenvalue weighted by Gasteiger charge is -2.50. The lowest BCUT2D eigenvalue weighted by molar-refractivity contribution is -0.160. The molecule has 1 aromatic heterocycles. The van der Waals surface area contributed by atoms with E-state index in [1.165, 1.54) is 35.1 Å². The number of anilines is 1. The molecule has 59 heavy (non-hydrogen) atoms. The van der Waals surface area contributed by atoms with Gasteiger partial charge in [0.05, 0.1) is 12.6 Å². The van der Waals surface area contributed by atoms with Crippen molar-refractivity contribution in [2.45, 2.75) is 82.9 Å². The van der Waals surface area contributed by atoms with Crippen molar-refractivity contribution in [2.75, 3.05) is 24.8 Å². The van der Waals surface area contributed by atoms with Crippen LogP contribution >= 0.6 is 23.1 Å². The molecule has 0 bridgehead atoms. The van der Waals surface area contributed by atoms with Crippen molar-refractivity contribution in [2.24, 2.45) is 5.16 Å². The third-order valence-electron chi connectivity index (χ3n) is 10.7. The van der Waals surface area contributed by atoms with E-state index in [1.807, 2.05) is 66.7 Å². The van der Waals surface area contributed by atoms with Gasteiger partial charge >= 0.3 is 5.97 Å². The van der Waals surface area contributed by atoms with Gasteiger partial charge in [0, 0.05) is 16.0 Å². The molecule has 310 valence electrons. The van der Waals surface area contributed by atoms with E-state index in [-0.39, 0.29) is 22.1 Å². The molecule has 2 amide bonds. The molecule has 0 saturated carbocycles. The number of carbonyl (C=O) groups excluding carboxylic acids is 3. The summed E-state index contributed by atoms with van der Waals surface area (Å²) in [4.78, 5) is 53.7. The van der Waals surface area contributed by atoms with E-state index in [2.05, 4.69) is 86.1 Å². The Morgan fingerprint density at radius 1 is 0.915 bits per heavy atom. The Labute approximate surface area is 356 Å². The molecule has 2 atom stereocenters. The molecule has 0 spiro atoms. The molecule has 3 aromatic carbocycles. The first-order chi connectivity index (χ1) is 28.0. The van der Waals surface area contributed by atoms with Crippen LogP contribution in [0, 0.1) is 0 Å². The first kappa shape index (κ1) is 43.6. The van der Waals surface area contributed by atoms with Gasteiger partial charge in [-0.1, -0.05) is 123 Å². The minimum atomic E-state index is -2.00. The number of aromatic nitrogens is 1. The highest BCUT2D eigenvalue weighted by molar-refractivity contribution is 8.03. The average Bonchev–Trinajstić information content (AvgIpc) is 3.67. The molecule has 14 heteroatoms. The summed E-state index contributed by atoms with van der Waals surface area (Å²) in [7, 11) is -0.650. The van der Waals surface area contributed by atoms with Crippen molar-refractivity contribution in [3.05, 3.63) is 142 Å². The SMILES string of the molecule is CO/N=C(\C(=O)N[C@@H]1C(=O)N2C(C(=O)OC(C)(C)C)=C(C=CCO[Si](C)(C)C(C)(C)C)SC[C@H]12)c1csc(NC(c2ccccc2)(c2ccccc2)c2ccccc2)n1. The zero-order valence-electron chi connectivity index (χ0n) is 35.1. The van der Waals surface area contributed by atoms with Crippen LogP contribution in [0.1, 0.15) is 63.9 Å². The number of amides is 2. The molecule has 4 aromatic rings. The summed E-state index contributed by atoms with van der Waals surface area (Å²) in [6.45, 7) is 16.6. The Hall–Kier alpha value is -5.02. The zero-order valence-corrected chi connectivity index (χ0v) is 37.7. The second-order valence-corrected chi connectivity index (χ2v) is 23.6. The fourth-order valence-corrected chi connectivity index (χ4v) is 9.58. The highest BCUT2D eigenvalue weighted by Gasteiger charge is 2.54. The summed E-state index contributed by atoms with van der Waals surface area (Å²) < 4.78 is 12.1. The summed E-state index contributed by atoms with van der Waals surface area (Å²) in [6, 6.07) is 29.0. The topological polar surface area (TPSA) is 131 Å². The monoisotopic (exact) mass is 851 g/mol. The number of benzene rings is 3. The summed E-state index contributed by atoms with van der Waals surface area (Å²) in [5, 5.41) is 13.0. The van der Waals surface area contributed by atoms with Gasteiger partial charge in [-0.25, -0.2) is 9.78 Å². The van der Waals surface area contributed by atoms with Gasteiger partial charge in [-0.15, -0.1) is 23.1 Å². The van der Waals surface area contributed by atoms with Crippen LogP contribution in [0.15, 0.2) is 124 Å². The second kappa shape index (κ2) is 17.7. The Kier molecular flexibility index (Phi) is 13.0. The van der Waals surface area contributed by atoms with Crippen LogP contribution < -0.4 is 10.6 Å². The molecule has 2 aliphatic rings. The standard InChI is InChI=1S/C45H53N5O6S2Si/c1-43(2,3)56-41(53)38-35(26-19-27-55-59(8,9)44(4,5)6)57-29-34-37(40(52)50(34)38)47-39(51)36(49-54-7)33-28-58-42(46-33)48-45(30-20-13-10-14-21-30,31-22-15-11-16-23-31)32-24-17-12-18-25-32/h10-26,28,34,37H,27,29H2,1-9H3,(H,46,48)(H,47,51)/b26-19?,49-36-/t34-,37+/m1/s1. The number of nitrogens with zero attached hydrogens (tertiary/aromatic N) is 3. The van der Waals surface area contributed by atoms with Crippen molar-refractivity contribution < 1.29 is 28.4 Å². The number of hydrogen-bond acceptors (Lipinski definition) is 11. The summed E-state index contributed by atoms with van der Waals surface area (Å²) in [6.07, 6.45) is 3.71. The maximum absolute atomic E-state index is 14.0. The molecule has 2 aliphatic heterocycles. The van der Waals surface area contributed by atoms with Gasteiger partial charge < -0.3 is 24.6 Å². The summed E-state index contributed by atoms with van der Waals surface area (Å²) in [5.41, 5.74) is 1.68. The van der Waals surface area contributed by atoms with Gasteiger partial charge in [0.1, 0.15) is 35.7 Å². The maximum Gasteiger partial charge on any atom is 0.356 e. The van der Waals surface area contributed by atoms with Crippen LogP contribution in [0.3, 0.4) is 0 Å². The van der Waals surface area contributed by atoms with Gasteiger partial charge in [0.25, 0.3) is 11.8 Å². The van der Waals surface area contributed by atoms with Crippen LogP contribution in [0.25, 0.3) is 0 Å². The number of nitrogens with one attached hydrogen (secondary N) is 2. The average molecular weight is 852 g/mol. The van der Waals surface area contributed by atoms with E-state index in [4.69, 9.17) is 19.0 Å². The third kappa shape index (κ3) is 9.41. The predicted molar refractivity (Wildman–Crippen MR) is 239 cm³/mol. The number of hydrogen-bond donors (Lipinski definition) is 2. The Balaban J connectivity index is 1.24. The first-order valence-corrected chi connectivity index (χ1v) is 24.3. The van der Waals surface area contributed by atoms with Crippen LogP contribution in [0.4, 0.5) is 5.13 Å². The number of oxime groups is 1. The Morgan fingerprint density at radius 2 is 1.47 bits per heavy atom. The lowest BCUT2D eigenvalue weighted by Crippen LogP contribution is -2.73. The van der Waals surface area contributed by atoms with E-state index in [0.29, 0.717) is 22.4 Å². The third-order valence-corrected chi connectivity index (χ3v) is 17.1. The number of carbonyl (C=O) groups is 3. The molecule has 0 unspecified atom stereocenters. The molecular formula is C45H53N5O6S2Si. The first-order valence-electron chi connectivity index (χ1n) is 19.5. The van der Waals surface area contributed by atoms with Crippen LogP contribution in [0.5, 0.6) is 0 Å². The number of rotatable bonds is 14. The highest BCUT2D eigenvalue weighted by atomic mass is 32.2. The van der Waals surface area contributed by atoms with Gasteiger partial charge in [-0.3, -0.25) is 14.5 Å². The van der Waals surface area contributed by atoms with Crippen LogP contribution in [0.2, 0.25) is 18.1 Å². The predicted octanol–water partition coefficient (Wildman–Crippen LogP) is 8.47. The molecular weight excluding hydrogens is 799 g/mol. The minimum absolute atomic E-state index is 0.0452. The fourth-order valence-electron chi connectivity index (χ4n) is 6.68. The van der Waals surface area contributed by atoms with E-state index in [9.17, 15) is 14.4 Å². The molecule has 1 fully saturated rings. The number of β-lactam (4-membered cyclic amide) rings is 1. The number of ether oxygens (including phenoxy) is 1. The minimum Gasteiger partial charge on any atom is -0.455 e. The molecule has 0 aliphatic carbocycles. The van der Waals surface area contributed by atoms with Gasteiger partial charge in [0.15, 0.2) is 19.2 Å². The normalized spacial score (nSPS) is 17.7. The van der Waals surface area contributed by atoms with Crippen molar-refractivity contribution in [1.82, 2.24) is 15.2 Å². The van der Waals surface area contributed by atoms with Gasteiger partial charge in [-0.2, -0.15) is 0 Å². The van der Waals surface area contributed by atoms with Crippen LogP contribution in [-0.4, -0.2) is 78.9 Å². The van der Waals surface area contributed by atoms with Gasteiger partial charge in [-0.05, 0) is 61.7 Å². The summed E-state index contributed by atoms with van der Waals surface area (Å²) >= 11 is 2.75. The second-order valence-electron chi connectivity index (χ2n) is 16.9. The molecule has 2 N–H and O–H groups in total. The van der Waals surface area contributed by atoms with Crippen molar-refractivity contribution in [1.29, 1.82) is 0 Å². The van der Waals surface area contributed by atoms with Crippen molar-refractivity contribution in [3.8, 4) is 0 Å². The zero-order chi connectivity index (χ0) is 42.6. The van der Waals surface area contributed by atoms with E-state index < -0.39 is 49.3 Å². The number of esters is 1. The van der Waals surface area contributed by atoms with Gasteiger partial charge in [0.2, 0.25) is 0 Å². The molecule has 3 heterocycles. The number of thiazole rings is 1. The maximum atomic E-state index is 14.0. The van der Waals surface area contributed by atoms with Crippen molar-refractivity contribution >= 4 is 60.0 Å². The largest absolute Gasteiger partial charge is 0.455 e. The number of thioether (sulfide) groups is 1. The molecule has 0 radical (unpaired) electrons. The number of allylic oxidation sites excluding steroid dienone is 1. The van der Waals surface area contributed by atoms with Crippen molar-refractivity contribution in [3.63, 3.8) is 0 Å². The Bertz CT molecular complexity index is 2130. The van der Waals surface area contributed by atoms with E-state index in [1.54, 1.807) is 26.2 Å². The molecule has 1 saturated heterocycles. The van der Waals surface area contributed by atoms with Crippen LogP contribution in [-0.2, 0) is 33.9 Å². The lowest BCUT2D eigenvalue weighted by atomic mass is 9.77. The van der Waals surface area contributed by atoms with E-state index >= 15 is 0 Å². The fraction of sp³-hybridized carbons (Fsp3) is 0.356. The van der Waals surface area contributed by atoms with E-state index in [0.717, 1.165) is 16.7 Å². The quantitative estimate of drug-likeness (QED) is 0.0321. The number of fused-ring (bicyclic) bond motifs is 1. The molecule has 11 nitrogen and oxygen atoms in total. The molecule has 6 rings (SSSR count). The Morgan fingerprint density at radius 3 is 1.98 bits per heavy atom. The smallest absolute Gasteiger partial charge is 0.356 e.